The summed E-state index contributed by atoms with van der Waals surface area (Å²) in [6.45, 7) is 27.1. The Labute approximate surface area is 492 Å². The molecule has 0 amide bonds. The lowest BCUT2D eigenvalue weighted by molar-refractivity contribution is 0.568. The first-order valence-electron chi connectivity index (χ1n) is 28.7. The molecular weight excluding hydrogens is 1020 g/mol. The van der Waals surface area contributed by atoms with Crippen molar-refractivity contribution in [1.82, 2.24) is 24.1 Å². The fraction of sp³-hybridized carbons (Fsp3) is 0.211. The van der Waals surface area contributed by atoms with Crippen LogP contribution in [0.3, 0.4) is 0 Å². The molecule has 0 radical (unpaired) electrons. The van der Waals surface area contributed by atoms with Crippen LogP contribution >= 0.6 is 0 Å². The lowest BCUT2D eigenvalue weighted by atomic mass is 9.79. The number of hydrogen-bond donors (Lipinski definition) is 0. The predicted molar refractivity (Wildman–Crippen MR) is 345 cm³/mol. The van der Waals surface area contributed by atoms with Gasteiger partial charge in [0, 0.05) is 49.4 Å². The van der Waals surface area contributed by atoms with E-state index in [1.54, 1.807) is 0 Å². The Kier molecular flexibility index (Phi) is 13.1. The maximum absolute atomic E-state index is 10.2. The van der Waals surface area contributed by atoms with Crippen LogP contribution in [-0.4, -0.2) is 24.1 Å². The Bertz CT molecular complexity index is 4630. The second-order valence-corrected chi connectivity index (χ2v) is 26.4. The van der Waals surface area contributed by atoms with E-state index in [9.17, 15) is 15.8 Å². The van der Waals surface area contributed by atoms with Gasteiger partial charge < -0.3 is 9.13 Å². The van der Waals surface area contributed by atoms with Gasteiger partial charge in [-0.15, -0.1) is 0 Å². The maximum Gasteiger partial charge on any atom is 0.164 e. The minimum absolute atomic E-state index is 0.163. The third-order valence-corrected chi connectivity index (χ3v) is 16.5. The Morgan fingerprint density at radius 1 is 0.298 bits per heavy atom. The second kappa shape index (κ2) is 20.2. The zero-order valence-electron chi connectivity index (χ0n) is 49.9. The quantitative estimate of drug-likeness (QED) is 0.157. The highest BCUT2D eigenvalue weighted by Gasteiger charge is 2.28. The van der Waals surface area contributed by atoms with Crippen molar-refractivity contribution >= 4 is 43.6 Å². The van der Waals surface area contributed by atoms with Crippen LogP contribution in [0.25, 0.3) is 111 Å². The largest absolute Gasteiger partial charge is 0.309 e. The fourth-order valence-electron chi connectivity index (χ4n) is 11.6. The van der Waals surface area contributed by atoms with Crippen molar-refractivity contribution in [1.29, 1.82) is 15.8 Å². The van der Waals surface area contributed by atoms with E-state index in [1.165, 1.54) is 22.3 Å². The summed E-state index contributed by atoms with van der Waals surface area (Å²) in [7, 11) is 0. The SMILES string of the molecule is CC(C)(C)c1cc(-c2nc(-c3cc(C(C)(C)C)cc(C(C)(C)C)c3)nc(-c3ccc(-n4c5ccccc5c5cc(C#N)ccc54)c(-c4cc(-c5ccc(C#N)cc5)ccc4-n4c5ccccc5c5cc(C#N)ccc54)c3)n2)cc(C(C)(C)C)c1. The molecule has 410 valence electrons. The molecule has 0 spiro atoms. The number of nitrogens with zero attached hydrogens (tertiary/aromatic N) is 8. The lowest BCUT2D eigenvalue weighted by Gasteiger charge is -2.26. The van der Waals surface area contributed by atoms with E-state index in [0.29, 0.717) is 34.2 Å². The summed E-state index contributed by atoms with van der Waals surface area (Å²) in [5.41, 5.74) is 17.9. The van der Waals surface area contributed by atoms with Gasteiger partial charge in [-0.25, -0.2) is 15.0 Å². The molecule has 9 aromatic carbocycles. The predicted octanol–water partition coefficient (Wildman–Crippen LogP) is 19.2. The van der Waals surface area contributed by atoms with E-state index < -0.39 is 0 Å². The molecule has 0 aliphatic carbocycles. The first-order valence-corrected chi connectivity index (χ1v) is 28.7. The van der Waals surface area contributed by atoms with Crippen molar-refractivity contribution in [3.05, 3.63) is 221 Å². The summed E-state index contributed by atoms with van der Waals surface area (Å²) in [6.07, 6.45) is 0. The molecular formula is C76H66N8. The van der Waals surface area contributed by atoms with Crippen molar-refractivity contribution in [2.75, 3.05) is 0 Å². The standard InChI is InChI=1S/C76H66N8/c1-73(2,3)54-35-52(36-55(41-54)74(4,5)6)71-80-70(81-72(82-71)53-37-56(75(7,8)9)42-57(38-53)76(10,11)12)51-28-32-69(84-65-20-16-14-18-59(65)61-34-48(45-79)24-30-67(61)84)63(40-51)62-39-50(49-25-21-46(43-77)22-26-49)27-31-68(62)83-64-19-15-13-17-58(64)60-33-47(44-78)23-29-66(60)83/h13-42H,1-12H3. The van der Waals surface area contributed by atoms with Crippen LogP contribution in [0.1, 0.15) is 122 Å². The van der Waals surface area contributed by atoms with Gasteiger partial charge in [0.25, 0.3) is 0 Å². The van der Waals surface area contributed by atoms with Crippen molar-refractivity contribution < 1.29 is 0 Å². The van der Waals surface area contributed by atoms with E-state index in [2.05, 4.69) is 232 Å². The topological polar surface area (TPSA) is 120 Å². The highest BCUT2D eigenvalue weighted by Crippen LogP contribution is 2.45. The smallest absolute Gasteiger partial charge is 0.164 e. The van der Waals surface area contributed by atoms with E-state index in [0.717, 1.165) is 93.9 Å². The van der Waals surface area contributed by atoms with Crippen molar-refractivity contribution in [3.8, 4) is 86.0 Å². The molecule has 12 aromatic rings. The number of aromatic nitrogens is 5. The van der Waals surface area contributed by atoms with Gasteiger partial charge >= 0.3 is 0 Å². The highest BCUT2D eigenvalue weighted by molar-refractivity contribution is 6.12. The van der Waals surface area contributed by atoms with Crippen LogP contribution in [0.5, 0.6) is 0 Å². The lowest BCUT2D eigenvalue weighted by Crippen LogP contribution is -2.17. The summed E-state index contributed by atoms with van der Waals surface area (Å²) in [6, 6.07) is 70.3. The van der Waals surface area contributed by atoms with E-state index in [1.807, 2.05) is 60.7 Å². The third kappa shape index (κ3) is 9.86. The molecule has 8 nitrogen and oxygen atoms in total. The fourth-order valence-corrected chi connectivity index (χ4v) is 11.6. The van der Waals surface area contributed by atoms with Crippen LogP contribution in [0, 0.1) is 34.0 Å². The van der Waals surface area contributed by atoms with E-state index >= 15 is 0 Å². The molecule has 3 heterocycles. The van der Waals surface area contributed by atoms with Crippen LogP contribution < -0.4 is 0 Å². The summed E-state index contributed by atoms with van der Waals surface area (Å²) in [4.78, 5) is 16.6. The third-order valence-electron chi connectivity index (χ3n) is 16.5. The maximum atomic E-state index is 10.2. The molecule has 0 aliphatic heterocycles. The van der Waals surface area contributed by atoms with E-state index in [-0.39, 0.29) is 21.7 Å². The Morgan fingerprint density at radius 2 is 0.631 bits per heavy atom. The molecule has 0 aliphatic rings. The molecule has 0 unspecified atom stereocenters. The van der Waals surface area contributed by atoms with Crippen LogP contribution in [0.4, 0.5) is 0 Å². The van der Waals surface area contributed by atoms with Gasteiger partial charge in [-0.3, -0.25) is 0 Å². The van der Waals surface area contributed by atoms with Gasteiger partial charge in [0.2, 0.25) is 0 Å². The summed E-state index contributed by atoms with van der Waals surface area (Å²) in [5, 5.41) is 34.3. The minimum Gasteiger partial charge on any atom is -0.309 e. The van der Waals surface area contributed by atoms with Gasteiger partial charge in [0.1, 0.15) is 0 Å². The van der Waals surface area contributed by atoms with Crippen LogP contribution in [0.2, 0.25) is 0 Å². The number of hydrogen-bond acceptors (Lipinski definition) is 6. The normalized spacial score (nSPS) is 12.2. The summed E-state index contributed by atoms with van der Waals surface area (Å²) in [5.74, 6) is 1.68. The molecule has 0 N–H and O–H groups in total. The monoisotopic (exact) mass is 1090 g/mol. The van der Waals surface area contributed by atoms with Crippen LogP contribution in [-0.2, 0) is 21.7 Å². The van der Waals surface area contributed by atoms with Gasteiger partial charge in [-0.2, -0.15) is 15.8 Å². The zero-order valence-corrected chi connectivity index (χ0v) is 49.9. The molecule has 12 rings (SSSR count). The molecule has 3 aromatic heterocycles. The summed E-state index contributed by atoms with van der Waals surface area (Å²) >= 11 is 0. The molecule has 0 fully saturated rings. The number of para-hydroxylation sites is 2. The highest BCUT2D eigenvalue weighted by atomic mass is 15.0. The molecule has 0 atom stereocenters. The van der Waals surface area contributed by atoms with Gasteiger partial charge in [0.15, 0.2) is 17.5 Å². The second-order valence-electron chi connectivity index (χ2n) is 26.4. The van der Waals surface area contributed by atoms with Crippen LogP contribution in [0.15, 0.2) is 182 Å². The first kappa shape index (κ1) is 54.6. The van der Waals surface area contributed by atoms with E-state index in [4.69, 9.17) is 15.0 Å². The minimum atomic E-state index is -0.163. The van der Waals surface area contributed by atoms with Gasteiger partial charge in [-0.1, -0.05) is 150 Å². The Balaban J connectivity index is 1.22. The Hall–Kier alpha value is -9.94. The van der Waals surface area contributed by atoms with Gasteiger partial charge in [0.05, 0.1) is 68.3 Å². The molecule has 0 saturated carbocycles. The Morgan fingerprint density at radius 3 is 1.02 bits per heavy atom. The first-order chi connectivity index (χ1) is 40.0. The number of fused-ring (bicyclic) bond motifs is 6. The summed E-state index contributed by atoms with van der Waals surface area (Å²) < 4.78 is 4.63. The number of benzene rings is 9. The van der Waals surface area contributed by atoms with Gasteiger partial charge in [-0.05, 0) is 170 Å². The molecule has 84 heavy (non-hydrogen) atoms. The molecule has 0 bridgehead atoms. The van der Waals surface area contributed by atoms with Crippen molar-refractivity contribution in [2.24, 2.45) is 0 Å². The average Bonchev–Trinajstić information content (AvgIpc) is 2.33. The van der Waals surface area contributed by atoms with Crippen molar-refractivity contribution in [3.63, 3.8) is 0 Å². The number of rotatable bonds is 7. The molecule has 8 heteroatoms. The molecule has 0 saturated heterocycles. The number of nitriles is 3. The van der Waals surface area contributed by atoms with Crippen molar-refractivity contribution in [2.45, 2.75) is 105 Å². The average molecular weight is 1090 g/mol. The zero-order chi connectivity index (χ0) is 59.2.